The molecule has 1 N–H and O–H groups in total. The summed E-state index contributed by atoms with van der Waals surface area (Å²) in [6.07, 6.45) is 4.82. The number of hydrogen-bond donors (Lipinski definition) is 1. The Morgan fingerprint density at radius 3 is 2.64 bits per heavy atom. The number of rotatable bonds is 5. The van der Waals surface area contributed by atoms with E-state index in [2.05, 4.69) is 9.97 Å². The van der Waals surface area contributed by atoms with Gasteiger partial charge in [-0.25, -0.2) is 13.4 Å². The molecule has 1 aliphatic rings. The molecule has 1 saturated heterocycles. The average molecular weight is 403 g/mol. The number of aromatic amines is 1. The molecule has 0 aliphatic carbocycles. The fourth-order valence-corrected chi connectivity index (χ4v) is 5.23. The van der Waals surface area contributed by atoms with Crippen molar-refractivity contribution in [2.45, 2.75) is 43.7 Å². The first-order valence-corrected chi connectivity index (χ1v) is 11.1. The lowest BCUT2D eigenvalue weighted by molar-refractivity contribution is 0.136. The van der Waals surface area contributed by atoms with Crippen molar-refractivity contribution in [1.29, 1.82) is 0 Å². The molecule has 8 heteroatoms. The van der Waals surface area contributed by atoms with Gasteiger partial charge in [0.15, 0.2) is 5.03 Å². The zero-order valence-corrected chi connectivity index (χ0v) is 17.2. The third kappa shape index (κ3) is 3.42. The maximum atomic E-state index is 13.0. The number of hydrogen-bond acceptors (Lipinski definition) is 4. The van der Waals surface area contributed by atoms with Gasteiger partial charge in [-0.2, -0.15) is 4.31 Å². The second-order valence-corrected chi connectivity index (χ2v) is 9.50. The summed E-state index contributed by atoms with van der Waals surface area (Å²) in [5.74, 6) is 1.78. The van der Waals surface area contributed by atoms with E-state index in [0.717, 1.165) is 22.5 Å². The summed E-state index contributed by atoms with van der Waals surface area (Å²) < 4.78 is 35.5. The molecule has 1 aliphatic heterocycles. The molecule has 4 rings (SSSR count). The fraction of sp³-hybridized carbons (Fsp3) is 0.450. The quantitative estimate of drug-likeness (QED) is 0.710. The Hall–Kier alpha value is -2.32. The number of piperidine rings is 1. The Balaban J connectivity index is 1.45. The Morgan fingerprint density at radius 1 is 1.21 bits per heavy atom. The molecule has 1 fully saturated rings. The highest BCUT2D eigenvalue weighted by molar-refractivity contribution is 7.89. The first-order valence-electron chi connectivity index (χ1n) is 9.62. The molecular formula is C20H26N4O3S. The Kier molecular flexibility index (Phi) is 4.93. The second kappa shape index (κ2) is 7.25. The molecule has 0 unspecified atom stereocenters. The van der Waals surface area contributed by atoms with Crippen LogP contribution >= 0.6 is 0 Å². The van der Waals surface area contributed by atoms with Crippen LogP contribution < -0.4 is 4.74 Å². The minimum atomic E-state index is -3.58. The van der Waals surface area contributed by atoms with Crippen molar-refractivity contribution in [3.8, 4) is 5.75 Å². The van der Waals surface area contributed by atoms with Crippen LogP contribution in [0.1, 0.15) is 38.4 Å². The minimum Gasteiger partial charge on any atom is -0.490 e. The molecule has 28 heavy (non-hydrogen) atoms. The van der Waals surface area contributed by atoms with Gasteiger partial charge >= 0.3 is 0 Å². The highest BCUT2D eigenvalue weighted by Gasteiger charge is 2.32. The number of imidazole rings is 1. The van der Waals surface area contributed by atoms with Crippen LogP contribution in [-0.4, -0.2) is 46.5 Å². The number of nitrogens with zero attached hydrogens (tertiary/aromatic N) is 3. The zero-order valence-electron chi connectivity index (χ0n) is 16.4. The Morgan fingerprint density at radius 2 is 1.96 bits per heavy atom. The molecule has 2 aromatic heterocycles. The van der Waals surface area contributed by atoms with Gasteiger partial charge in [-0.1, -0.05) is 19.9 Å². The van der Waals surface area contributed by atoms with Crippen LogP contribution in [0.25, 0.3) is 10.9 Å². The van der Waals surface area contributed by atoms with Crippen LogP contribution in [0, 0.1) is 0 Å². The van der Waals surface area contributed by atoms with E-state index in [9.17, 15) is 8.42 Å². The fourth-order valence-electron chi connectivity index (χ4n) is 3.77. The van der Waals surface area contributed by atoms with E-state index in [0.29, 0.717) is 25.9 Å². The number of H-pyrrole nitrogens is 1. The van der Waals surface area contributed by atoms with Crippen molar-refractivity contribution in [1.82, 2.24) is 18.8 Å². The first-order chi connectivity index (χ1) is 13.4. The van der Waals surface area contributed by atoms with Gasteiger partial charge in [-0.15, -0.1) is 0 Å². The minimum absolute atomic E-state index is 0.00177. The van der Waals surface area contributed by atoms with Crippen molar-refractivity contribution >= 4 is 20.9 Å². The maximum Gasteiger partial charge on any atom is 0.262 e. The molecule has 0 saturated carbocycles. The predicted molar refractivity (Wildman–Crippen MR) is 108 cm³/mol. The van der Waals surface area contributed by atoms with E-state index < -0.39 is 10.0 Å². The molecule has 7 nitrogen and oxygen atoms in total. The first kappa shape index (κ1) is 19.0. The summed E-state index contributed by atoms with van der Waals surface area (Å²) in [6, 6.07) is 7.93. The van der Waals surface area contributed by atoms with Crippen molar-refractivity contribution < 1.29 is 13.2 Å². The van der Waals surface area contributed by atoms with Crippen LogP contribution in [0.15, 0.2) is 41.7 Å². The zero-order chi connectivity index (χ0) is 19.9. The van der Waals surface area contributed by atoms with Crippen LogP contribution in [0.5, 0.6) is 5.75 Å². The highest BCUT2D eigenvalue weighted by Crippen LogP contribution is 2.29. The van der Waals surface area contributed by atoms with Gasteiger partial charge in [0, 0.05) is 49.4 Å². The molecule has 150 valence electrons. The molecule has 0 bridgehead atoms. The number of sulfonamides is 1. The number of aryl methyl sites for hydroxylation is 1. The van der Waals surface area contributed by atoms with Crippen LogP contribution in [0.4, 0.5) is 0 Å². The Labute approximate surface area is 165 Å². The standard InChI is InChI=1S/C20H26N4O3S/c1-14(2)20-22-19(13-23(20)3)28(25,26)24-11-8-15(9-12-24)27-18-6-4-5-17-16(18)7-10-21-17/h4-7,10,13-15,21H,8-9,11-12H2,1-3H3. The Bertz CT molecular complexity index is 1080. The number of benzene rings is 1. The summed E-state index contributed by atoms with van der Waals surface area (Å²) in [5.41, 5.74) is 1.04. The summed E-state index contributed by atoms with van der Waals surface area (Å²) in [7, 11) is -1.74. The number of ether oxygens (including phenoxy) is 1. The molecule has 1 aromatic carbocycles. The summed E-state index contributed by atoms with van der Waals surface area (Å²) >= 11 is 0. The van der Waals surface area contributed by atoms with E-state index in [1.165, 1.54) is 4.31 Å². The van der Waals surface area contributed by atoms with E-state index in [1.54, 1.807) is 10.8 Å². The predicted octanol–water partition coefficient (Wildman–Crippen LogP) is 3.26. The van der Waals surface area contributed by atoms with Crippen molar-refractivity contribution in [3.05, 3.63) is 42.5 Å². The normalized spacial score (nSPS) is 16.9. The van der Waals surface area contributed by atoms with E-state index >= 15 is 0 Å². The molecule has 3 heterocycles. The largest absolute Gasteiger partial charge is 0.490 e. The van der Waals surface area contributed by atoms with Gasteiger partial charge in [-0.05, 0) is 31.0 Å². The molecule has 0 amide bonds. The van der Waals surface area contributed by atoms with Gasteiger partial charge in [-0.3, -0.25) is 0 Å². The van der Waals surface area contributed by atoms with Gasteiger partial charge in [0.05, 0.1) is 0 Å². The number of fused-ring (bicyclic) bond motifs is 1. The molecule has 0 atom stereocenters. The monoisotopic (exact) mass is 402 g/mol. The average Bonchev–Trinajstić information content (AvgIpc) is 3.29. The number of aromatic nitrogens is 3. The third-order valence-electron chi connectivity index (χ3n) is 5.26. The van der Waals surface area contributed by atoms with Crippen molar-refractivity contribution in [2.24, 2.45) is 7.05 Å². The van der Waals surface area contributed by atoms with E-state index in [1.807, 2.05) is 51.4 Å². The summed E-state index contributed by atoms with van der Waals surface area (Å²) in [5, 5.41) is 1.18. The van der Waals surface area contributed by atoms with Crippen LogP contribution in [0.2, 0.25) is 0 Å². The van der Waals surface area contributed by atoms with Gasteiger partial charge < -0.3 is 14.3 Å². The molecule has 3 aromatic rings. The lowest BCUT2D eigenvalue weighted by Gasteiger charge is -2.31. The lowest BCUT2D eigenvalue weighted by atomic mass is 10.1. The molecule has 0 radical (unpaired) electrons. The second-order valence-electron chi connectivity index (χ2n) is 7.62. The lowest BCUT2D eigenvalue weighted by Crippen LogP contribution is -2.41. The highest BCUT2D eigenvalue weighted by atomic mass is 32.2. The molecular weight excluding hydrogens is 376 g/mol. The van der Waals surface area contributed by atoms with Crippen LogP contribution in [0.3, 0.4) is 0 Å². The smallest absolute Gasteiger partial charge is 0.262 e. The maximum absolute atomic E-state index is 13.0. The number of nitrogens with one attached hydrogen (secondary N) is 1. The van der Waals surface area contributed by atoms with Crippen molar-refractivity contribution in [3.63, 3.8) is 0 Å². The van der Waals surface area contributed by atoms with E-state index in [4.69, 9.17) is 4.74 Å². The van der Waals surface area contributed by atoms with Crippen LogP contribution in [-0.2, 0) is 17.1 Å². The third-order valence-corrected chi connectivity index (χ3v) is 7.03. The SMILES string of the molecule is CC(C)c1nc(S(=O)(=O)N2CCC(Oc3cccc4[nH]ccc34)CC2)cn1C. The van der Waals surface area contributed by atoms with Gasteiger partial charge in [0.2, 0.25) is 0 Å². The summed E-state index contributed by atoms with van der Waals surface area (Å²) in [6.45, 7) is 4.88. The van der Waals surface area contributed by atoms with Crippen molar-refractivity contribution in [2.75, 3.05) is 13.1 Å². The molecule has 0 spiro atoms. The van der Waals surface area contributed by atoms with Gasteiger partial charge in [0.1, 0.15) is 17.7 Å². The topological polar surface area (TPSA) is 80.2 Å². The summed E-state index contributed by atoms with van der Waals surface area (Å²) in [4.78, 5) is 7.55. The van der Waals surface area contributed by atoms with Gasteiger partial charge in [0.25, 0.3) is 10.0 Å². The van der Waals surface area contributed by atoms with E-state index in [-0.39, 0.29) is 17.0 Å².